The highest BCUT2D eigenvalue weighted by molar-refractivity contribution is 14.0. The SMILES string of the molecule is CN=C(NCCOC)NCc1ccc(-c2ccc3c(c2)CCCO3)cc1.I. The highest BCUT2D eigenvalue weighted by atomic mass is 127. The molecule has 0 fully saturated rings. The molecular weight excluding hydrogens is 453 g/mol. The summed E-state index contributed by atoms with van der Waals surface area (Å²) < 4.78 is 10.7. The van der Waals surface area contributed by atoms with Crippen LogP contribution in [0.2, 0.25) is 0 Å². The van der Waals surface area contributed by atoms with Crippen molar-refractivity contribution < 1.29 is 9.47 Å². The van der Waals surface area contributed by atoms with Gasteiger partial charge in [-0.1, -0.05) is 30.3 Å². The van der Waals surface area contributed by atoms with Crippen LogP contribution in [0.5, 0.6) is 5.75 Å². The summed E-state index contributed by atoms with van der Waals surface area (Å²) in [5.41, 5.74) is 4.99. The second-order valence-corrected chi connectivity index (χ2v) is 6.32. The molecule has 0 unspecified atom stereocenters. The Hall–Kier alpha value is -1.80. The van der Waals surface area contributed by atoms with E-state index in [1.165, 1.54) is 22.3 Å². The number of ether oxygens (including phenoxy) is 2. The minimum Gasteiger partial charge on any atom is -0.493 e. The number of methoxy groups -OCH3 is 1. The van der Waals surface area contributed by atoms with Crippen molar-refractivity contribution in [1.29, 1.82) is 0 Å². The Morgan fingerprint density at radius 2 is 1.89 bits per heavy atom. The van der Waals surface area contributed by atoms with E-state index in [9.17, 15) is 0 Å². The van der Waals surface area contributed by atoms with Crippen molar-refractivity contribution in [3.8, 4) is 16.9 Å². The molecule has 0 amide bonds. The van der Waals surface area contributed by atoms with Gasteiger partial charge in [0.05, 0.1) is 13.2 Å². The Morgan fingerprint density at radius 1 is 1.11 bits per heavy atom. The van der Waals surface area contributed by atoms with E-state index in [1.54, 1.807) is 14.2 Å². The number of hydrogen-bond acceptors (Lipinski definition) is 3. The molecule has 5 nitrogen and oxygen atoms in total. The first-order valence-electron chi connectivity index (χ1n) is 9.08. The summed E-state index contributed by atoms with van der Waals surface area (Å²) in [6.07, 6.45) is 2.20. The maximum Gasteiger partial charge on any atom is 0.191 e. The van der Waals surface area contributed by atoms with Crippen LogP contribution >= 0.6 is 24.0 Å². The number of hydrogen-bond donors (Lipinski definition) is 2. The van der Waals surface area contributed by atoms with Crippen LogP contribution in [0.25, 0.3) is 11.1 Å². The largest absolute Gasteiger partial charge is 0.493 e. The van der Waals surface area contributed by atoms with Gasteiger partial charge >= 0.3 is 0 Å². The Bertz CT molecular complexity index is 748. The van der Waals surface area contributed by atoms with Crippen LogP contribution in [0, 0.1) is 0 Å². The van der Waals surface area contributed by atoms with Gasteiger partial charge in [-0.2, -0.15) is 0 Å². The highest BCUT2D eigenvalue weighted by Crippen LogP contribution is 2.30. The van der Waals surface area contributed by atoms with E-state index >= 15 is 0 Å². The fraction of sp³-hybridized carbons (Fsp3) is 0.381. The minimum absolute atomic E-state index is 0. The molecule has 1 aliphatic rings. The van der Waals surface area contributed by atoms with Crippen molar-refractivity contribution in [2.75, 3.05) is 33.9 Å². The van der Waals surface area contributed by atoms with E-state index in [2.05, 4.69) is 58.1 Å². The van der Waals surface area contributed by atoms with E-state index in [0.29, 0.717) is 6.61 Å². The fourth-order valence-corrected chi connectivity index (χ4v) is 3.03. The van der Waals surface area contributed by atoms with E-state index in [1.807, 2.05) is 0 Å². The van der Waals surface area contributed by atoms with E-state index in [-0.39, 0.29) is 24.0 Å². The summed E-state index contributed by atoms with van der Waals surface area (Å²) in [5.74, 6) is 1.81. The van der Waals surface area contributed by atoms with Gasteiger partial charge in [0, 0.05) is 27.2 Å². The third kappa shape index (κ3) is 6.10. The van der Waals surface area contributed by atoms with Gasteiger partial charge in [-0.05, 0) is 47.2 Å². The molecule has 2 aromatic carbocycles. The molecule has 0 bridgehead atoms. The van der Waals surface area contributed by atoms with Crippen LogP contribution in [0.15, 0.2) is 47.5 Å². The zero-order valence-corrected chi connectivity index (χ0v) is 18.3. The smallest absolute Gasteiger partial charge is 0.191 e. The maximum absolute atomic E-state index is 5.70. The van der Waals surface area contributed by atoms with Crippen molar-refractivity contribution in [1.82, 2.24) is 10.6 Å². The lowest BCUT2D eigenvalue weighted by Gasteiger charge is -2.18. The van der Waals surface area contributed by atoms with Crippen LogP contribution < -0.4 is 15.4 Å². The van der Waals surface area contributed by atoms with E-state index in [4.69, 9.17) is 9.47 Å². The summed E-state index contributed by atoms with van der Waals surface area (Å²) in [4.78, 5) is 4.21. The van der Waals surface area contributed by atoms with E-state index in [0.717, 1.165) is 44.2 Å². The topological polar surface area (TPSA) is 54.9 Å². The number of fused-ring (bicyclic) bond motifs is 1. The van der Waals surface area contributed by atoms with Gasteiger partial charge in [0.1, 0.15) is 5.75 Å². The van der Waals surface area contributed by atoms with Crippen LogP contribution in [0.4, 0.5) is 0 Å². The second-order valence-electron chi connectivity index (χ2n) is 6.32. The van der Waals surface area contributed by atoms with Crippen molar-refractivity contribution in [2.24, 2.45) is 4.99 Å². The predicted octanol–water partition coefficient (Wildman–Crippen LogP) is 3.61. The van der Waals surface area contributed by atoms with Gasteiger partial charge in [-0.25, -0.2) is 0 Å². The first kappa shape index (κ1) is 21.5. The lowest BCUT2D eigenvalue weighted by molar-refractivity contribution is 0.203. The van der Waals surface area contributed by atoms with Crippen LogP contribution in [-0.2, 0) is 17.7 Å². The van der Waals surface area contributed by atoms with Crippen molar-refractivity contribution in [3.05, 3.63) is 53.6 Å². The lowest BCUT2D eigenvalue weighted by Crippen LogP contribution is -2.38. The molecule has 2 N–H and O–H groups in total. The Balaban J connectivity index is 0.00000261. The number of nitrogens with one attached hydrogen (secondary N) is 2. The summed E-state index contributed by atoms with van der Waals surface area (Å²) in [5, 5.41) is 6.52. The number of aliphatic imine (C=N–C) groups is 1. The van der Waals surface area contributed by atoms with Gasteiger partial charge in [-0.15, -0.1) is 24.0 Å². The Morgan fingerprint density at radius 3 is 2.63 bits per heavy atom. The average molecular weight is 481 g/mol. The molecule has 2 aromatic rings. The molecule has 0 aliphatic carbocycles. The van der Waals surface area contributed by atoms with Crippen molar-refractivity contribution >= 4 is 29.9 Å². The number of halogens is 1. The summed E-state index contributed by atoms with van der Waals surface area (Å²) in [7, 11) is 3.46. The van der Waals surface area contributed by atoms with Crippen LogP contribution in [0.1, 0.15) is 17.5 Å². The van der Waals surface area contributed by atoms with Crippen molar-refractivity contribution in [2.45, 2.75) is 19.4 Å². The second kappa shape index (κ2) is 11.1. The van der Waals surface area contributed by atoms with E-state index < -0.39 is 0 Å². The fourth-order valence-electron chi connectivity index (χ4n) is 3.03. The molecular formula is C21H28IN3O2. The first-order chi connectivity index (χ1) is 12.8. The molecule has 0 spiro atoms. The molecule has 0 saturated carbocycles. The Kier molecular flexibility index (Phi) is 8.87. The Labute approximate surface area is 178 Å². The normalized spacial score (nSPS) is 13.2. The summed E-state index contributed by atoms with van der Waals surface area (Å²) in [6.45, 7) is 2.95. The first-order valence-corrected chi connectivity index (χ1v) is 9.08. The number of nitrogens with zero attached hydrogens (tertiary/aromatic N) is 1. The molecule has 3 rings (SSSR count). The molecule has 0 saturated heterocycles. The number of aryl methyl sites for hydroxylation is 1. The molecule has 6 heteroatoms. The molecule has 0 aromatic heterocycles. The van der Waals surface area contributed by atoms with Gasteiger partial charge < -0.3 is 20.1 Å². The standard InChI is InChI=1S/C21H27N3O2.HI/c1-22-21(23-11-13-25-2)24-15-16-5-7-17(8-6-16)18-9-10-20-19(14-18)4-3-12-26-20;/h5-10,14H,3-4,11-13,15H2,1-2H3,(H2,22,23,24);1H. The molecule has 1 aliphatic heterocycles. The lowest BCUT2D eigenvalue weighted by atomic mass is 9.98. The third-order valence-corrected chi connectivity index (χ3v) is 4.48. The molecule has 0 radical (unpaired) electrons. The zero-order valence-electron chi connectivity index (χ0n) is 16.0. The molecule has 1 heterocycles. The summed E-state index contributed by atoms with van der Waals surface area (Å²) in [6, 6.07) is 15.1. The monoisotopic (exact) mass is 481 g/mol. The average Bonchev–Trinajstić information content (AvgIpc) is 2.70. The van der Waals surface area contributed by atoms with Crippen LogP contribution in [-0.4, -0.2) is 39.9 Å². The number of benzene rings is 2. The number of rotatable bonds is 6. The van der Waals surface area contributed by atoms with Crippen LogP contribution in [0.3, 0.4) is 0 Å². The maximum atomic E-state index is 5.70. The van der Waals surface area contributed by atoms with Crippen molar-refractivity contribution in [3.63, 3.8) is 0 Å². The van der Waals surface area contributed by atoms with Gasteiger partial charge in [0.25, 0.3) is 0 Å². The molecule has 146 valence electrons. The number of guanidine groups is 1. The molecule has 0 atom stereocenters. The van der Waals surface area contributed by atoms with Gasteiger partial charge in [-0.3, -0.25) is 4.99 Å². The zero-order chi connectivity index (χ0) is 18.2. The molecule has 27 heavy (non-hydrogen) atoms. The highest BCUT2D eigenvalue weighted by Gasteiger charge is 2.11. The van der Waals surface area contributed by atoms with Gasteiger partial charge in [0.2, 0.25) is 0 Å². The predicted molar refractivity (Wildman–Crippen MR) is 121 cm³/mol. The quantitative estimate of drug-likeness (QED) is 0.287. The minimum atomic E-state index is 0. The third-order valence-electron chi connectivity index (χ3n) is 4.48. The summed E-state index contributed by atoms with van der Waals surface area (Å²) >= 11 is 0. The van der Waals surface area contributed by atoms with Gasteiger partial charge in [0.15, 0.2) is 5.96 Å².